The van der Waals surface area contributed by atoms with E-state index in [4.69, 9.17) is 11.5 Å². The Morgan fingerprint density at radius 3 is 2.65 bits per heavy atom. The first-order valence-electron chi connectivity index (χ1n) is 6.28. The number of aromatic nitrogens is 1. The lowest BCUT2D eigenvalue weighted by atomic mass is 10.1. The molecular weight excluding hydrogens is 272 g/mol. The Bertz CT molecular complexity index is 651. The minimum Gasteiger partial charge on any atom is -0.398 e. The van der Waals surface area contributed by atoms with E-state index >= 15 is 0 Å². The fraction of sp³-hybridized carbons (Fsp3) is 0.286. The van der Waals surface area contributed by atoms with E-state index in [1.807, 2.05) is 19.9 Å². The molecule has 20 heavy (non-hydrogen) atoms. The second kappa shape index (κ2) is 5.50. The Morgan fingerprint density at radius 2 is 2.10 bits per heavy atom. The van der Waals surface area contributed by atoms with Crippen LogP contribution in [0.5, 0.6) is 0 Å². The van der Waals surface area contributed by atoms with E-state index in [1.165, 1.54) is 4.88 Å². The standard InChI is InChI=1S/C14H18N4OS/c1-7-13(20-9(3)17-7)8(2)18-10-4-5-12(15)11(6-10)14(16)19/h4-6,8,18H,15H2,1-3H3,(H2,16,19). The number of carbonyl (C=O) groups is 1. The third-order valence-corrected chi connectivity index (χ3v) is 4.29. The molecule has 106 valence electrons. The molecule has 1 amide bonds. The number of primary amides is 1. The highest BCUT2D eigenvalue weighted by Crippen LogP contribution is 2.28. The second-order valence-electron chi connectivity index (χ2n) is 4.71. The number of nitrogens with zero attached hydrogens (tertiary/aromatic N) is 1. The van der Waals surface area contributed by atoms with E-state index in [9.17, 15) is 4.79 Å². The summed E-state index contributed by atoms with van der Waals surface area (Å²) in [6.45, 7) is 6.04. The predicted octanol–water partition coefficient (Wildman–Crippen LogP) is 2.61. The first kappa shape index (κ1) is 14.3. The van der Waals surface area contributed by atoms with Gasteiger partial charge in [-0.2, -0.15) is 0 Å². The van der Waals surface area contributed by atoms with E-state index in [0.717, 1.165) is 16.4 Å². The van der Waals surface area contributed by atoms with Gasteiger partial charge in [0.05, 0.1) is 22.3 Å². The third-order valence-electron chi connectivity index (χ3n) is 3.03. The summed E-state index contributed by atoms with van der Waals surface area (Å²) in [5.41, 5.74) is 13.6. The van der Waals surface area contributed by atoms with Crippen molar-refractivity contribution in [3.05, 3.63) is 39.3 Å². The molecule has 0 saturated heterocycles. The van der Waals surface area contributed by atoms with Crippen molar-refractivity contribution in [2.45, 2.75) is 26.8 Å². The lowest BCUT2D eigenvalue weighted by molar-refractivity contribution is 0.100. The quantitative estimate of drug-likeness (QED) is 0.754. The maximum absolute atomic E-state index is 11.3. The lowest BCUT2D eigenvalue weighted by Gasteiger charge is -2.15. The number of carbonyl (C=O) groups excluding carboxylic acids is 1. The number of amides is 1. The van der Waals surface area contributed by atoms with Gasteiger partial charge in [-0.05, 0) is 39.0 Å². The largest absolute Gasteiger partial charge is 0.398 e. The van der Waals surface area contributed by atoms with Gasteiger partial charge in [0, 0.05) is 16.3 Å². The van der Waals surface area contributed by atoms with Crippen molar-refractivity contribution < 1.29 is 4.79 Å². The highest BCUT2D eigenvalue weighted by atomic mass is 32.1. The van der Waals surface area contributed by atoms with Gasteiger partial charge in [-0.25, -0.2) is 4.98 Å². The molecule has 6 heteroatoms. The molecule has 0 bridgehead atoms. The molecule has 1 unspecified atom stereocenters. The summed E-state index contributed by atoms with van der Waals surface area (Å²) in [6.07, 6.45) is 0. The first-order valence-corrected chi connectivity index (χ1v) is 7.10. The molecule has 2 aromatic rings. The summed E-state index contributed by atoms with van der Waals surface area (Å²) in [5.74, 6) is -0.524. The molecule has 1 aromatic heterocycles. The van der Waals surface area contributed by atoms with Gasteiger partial charge in [-0.3, -0.25) is 4.79 Å². The zero-order valence-electron chi connectivity index (χ0n) is 11.7. The highest BCUT2D eigenvalue weighted by Gasteiger charge is 2.14. The SMILES string of the molecule is Cc1nc(C)c(C(C)Nc2ccc(N)c(C(N)=O)c2)s1. The molecule has 1 aromatic carbocycles. The molecule has 5 N–H and O–H groups in total. The maximum atomic E-state index is 11.3. The summed E-state index contributed by atoms with van der Waals surface area (Å²) in [7, 11) is 0. The second-order valence-corrected chi connectivity index (χ2v) is 5.95. The normalized spacial score (nSPS) is 12.2. The third kappa shape index (κ3) is 2.91. The van der Waals surface area contributed by atoms with Gasteiger partial charge in [0.25, 0.3) is 5.91 Å². The van der Waals surface area contributed by atoms with Gasteiger partial charge < -0.3 is 16.8 Å². The van der Waals surface area contributed by atoms with Crippen molar-refractivity contribution in [3.63, 3.8) is 0 Å². The number of hydrogen-bond acceptors (Lipinski definition) is 5. The minimum atomic E-state index is -0.524. The van der Waals surface area contributed by atoms with Crippen LogP contribution in [0.2, 0.25) is 0 Å². The van der Waals surface area contributed by atoms with Crippen molar-refractivity contribution >= 4 is 28.6 Å². The van der Waals surface area contributed by atoms with Crippen molar-refractivity contribution in [2.75, 3.05) is 11.1 Å². The van der Waals surface area contributed by atoms with Crippen LogP contribution in [0.1, 0.15) is 38.9 Å². The molecular formula is C14H18N4OS. The van der Waals surface area contributed by atoms with Gasteiger partial charge >= 0.3 is 0 Å². The fourth-order valence-electron chi connectivity index (χ4n) is 2.12. The van der Waals surface area contributed by atoms with Crippen molar-refractivity contribution in [1.82, 2.24) is 4.98 Å². The molecule has 0 aliphatic carbocycles. The lowest BCUT2D eigenvalue weighted by Crippen LogP contribution is -2.14. The van der Waals surface area contributed by atoms with Crippen molar-refractivity contribution in [2.24, 2.45) is 5.73 Å². The van der Waals surface area contributed by atoms with Gasteiger partial charge in [0.2, 0.25) is 0 Å². The number of nitrogens with two attached hydrogens (primary N) is 2. The Morgan fingerprint density at radius 1 is 1.40 bits per heavy atom. The van der Waals surface area contributed by atoms with Gasteiger partial charge in [-0.15, -0.1) is 11.3 Å². The monoisotopic (exact) mass is 290 g/mol. The maximum Gasteiger partial charge on any atom is 0.250 e. The van der Waals surface area contributed by atoms with E-state index < -0.39 is 5.91 Å². The van der Waals surface area contributed by atoms with E-state index in [2.05, 4.69) is 17.2 Å². The minimum absolute atomic E-state index is 0.102. The van der Waals surface area contributed by atoms with Crippen LogP contribution in [0.15, 0.2) is 18.2 Å². The zero-order valence-corrected chi connectivity index (χ0v) is 12.5. The Kier molecular flexibility index (Phi) is 3.94. The summed E-state index contributed by atoms with van der Waals surface area (Å²) >= 11 is 1.67. The topological polar surface area (TPSA) is 94.0 Å². The van der Waals surface area contributed by atoms with Crippen LogP contribution in [-0.4, -0.2) is 10.9 Å². The number of benzene rings is 1. The van der Waals surface area contributed by atoms with E-state index in [1.54, 1.807) is 23.5 Å². The number of thiazole rings is 1. The van der Waals surface area contributed by atoms with Crippen LogP contribution in [-0.2, 0) is 0 Å². The molecule has 0 saturated carbocycles. The predicted molar refractivity (Wildman–Crippen MR) is 83.0 cm³/mol. The number of nitrogens with one attached hydrogen (secondary N) is 1. The molecule has 1 heterocycles. The molecule has 5 nitrogen and oxygen atoms in total. The Labute approximate surface area is 122 Å². The number of nitrogen functional groups attached to an aromatic ring is 1. The summed E-state index contributed by atoms with van der Waals surface area (Å²) in [5, 5.41) is 4.38. The average molecular weight is 290 g/mol. The van der Waals surface area contributed by atoms with Crippen LogP contribution >= 0.6 is 11.3 Å². The zero-order chi connectivity index (χ0) is 14.9. The molecule has 0 aliphatic heterocycles. The van der Waals surface area contributed by atoms with Gasteiger partial charge in [0.1, 0.15) is 0 Å². The van der Waals surface area contributed by atoms with E-state index in [0.29, 0.717) is 11.3 Å². The molecule has 0 fully saturated rings. The van der Waals surface area contributed by atoms with Crippen LogP contribution in [0.25, 0.3) is 0 Å². The summed E-state index contributed by atoms with van der Waals surface area (Å²) < 4.78 is 0. The summed E-state index contributed by atoms with van der Waals surface area (Å²) in [4.78, 5) is 16.9. The van der Waals surface area contributed by atoms with Crippen molar-refractivity contribution in [1.29, 1.82) is 0 Å². The number of rotatable bonds is 4. The molecule has 0 aliphatic rings. The number of anilines is 2. The van der Waals surface area contributed by atoms with E-state index in [-0.39, 0.29) is 6.04 Å². The average Bonchev–Trinajstić information content (AvgIpc) is 2.70. The molecule has 1 atom stereocenters. The molecule has 0 spiro atoms. The Hall–Kier alpha value is -2.08. The van der Waals surface area contributed by atoms with Crippen LogP contribution < -0.4 is 16.8 Å². The molecule has 2 rings (SSSR count). The van der Waals surface area contributed by atoms with Gasteiger partial charge in [0.15, 0.2) is 0 Å². The van der Waals surface area contributed by atoms with Crippen LogP contribution in [0.3, 0.4) is 0 Å². The smallest absolute Gasteiger partial charge is 0.250 e. The first-order chi connectivity index (χ1) is 9.38. The highest BCUT2D eigenvalue weighted by molar-refractivity contribution is 7.11. The van der Waals surface area contributed by atoms with Crippen molar-refractivity contribution in [3.8, 4) is 0 Å². The molecule has 0 radical (unpaired) electrons. The Balaban J connectivity index is 2.24. The number of aryl methyl sites for hydroxylation is 2. The summed E-state index contributed by atoms with van der Waals surface area (Å²) in [6, 6.07) is 5.30. The van der Waals surface area contributed by atoms with Crippen LogP contribution in [0, 0.1) is 13.8 Å². The number of hydrogen-bond donors (Lipinski definition) is 3. The van der Waals surface area contributed by atoms with Gasteiger partial charge in [-0.1, -0.05) is 0 Å². The van der Waals surface area contributed by atoms with Crippen LogP contribution in [0.4, 0.5) is 11.4 Å². The fourth-order valence-corrected chi connectivity index (χ4v) is 3.05.